The second-order valence-corrected chi connectivity index (χ2v) is 12.0. The highest BCUT2D eigenvalue weighted by atomic mass is 32.2. The largest absolute Gasteiger partial charge is 0.325 e. The van der Waals surface area contributed by atoms with Crippen LogP contribution < -0.4 is 16.0 Å². The quantitative estimate of drug-likeness (QED) is 0.120. The molecule has 1 aliphatic rings. The minimum absolute atomic E-state index is 0.0102. The minimum atomic E-state index is -0.509. The maximum atomic E-state index is 13.3. The topological polar surface area (TPSA) is 121 Å². The van der Waals surface area contributed by atoms with Crippen LogP contribution in [0.15, 0.2) is 124 Å². The van der Waals surface area contributed by atoms with Gasteiger partial charge < -0.3 is 16.0 Å². The van der Waals surface area contributed by atoms with Crippen molar-refractivity contribution in [3.8, 4) is 0 Å². The summed E-state index contributed by atoms with van der Waals surface area (Å²) in [5, 5.41) is 12.1. The molecule has 1 heterocycles. The van der Waals surface area contributed by atoms with Gasteiger partial charge in [0.25, 0.3) is 11.8 Å². The van der Waals surface area contributed by atoms with Crippen LogP contribution in [0, 0.1) is 0 Å². The molecular weight excluding hydrogens is 619 g/mol. The van der Waals surface area contributed by atoms with Gasteiger partial charge in [-0.25, -0.2) is 0 Å². The lowest BCUT2D eigenvalue weighted by Gasteiger charge is -2.20. The molecule has 10 heteroatoms. The van der Waals surface area contributed by atoms with Gasteiger partial charge in [0.15, 0.2) is 11.6 Å². The number of hydrogen-bond acceptors (Lipinski definition) is 7. The van der Waals surface area contributed by atoms with Crippen LogP contribution in [0.3, 0.4) is 0 Å². The SMILES string of the molecule is O=C(CSc1cccc(NC(=O)/C(=C\c2ccsc2)NC(=O)c2ccccc2)c1)Nc1cccc2c1C(=O)c1ccccc1C2=O. The summed E-state index contributed by atoms with van der Waals surface area (Å²) in [4.78, 5) is 66.1. The molecule has 226 valence electrons. The van der Waals surface area contributed by atoms with E-state index in [1.807, 2.05) is 16.8 Å². The van der Waals surface area contributed by atoms with Gasteiger partial charge in [0.2, 0.25) is 5.91 Å². The summed E-state index contributed by atoms with van der Waals surface area (Å²) in [6, 6.07) is 28.9. The molecule has 0 radical (unpaired) electrons. The lowest BCUT2D eigenvalue weighted by Crippen LogP contribution is -2.30. The Labute approximate surface area is 272 Å². The molecule has 5 aromatic rings. The Bertz CT molecular complexity index is 2020. The number of anilines is 2. The first kappa shape index (κ1) is 30.4. The molecule has 0 atom stereocenters. The van der Waals surface area contributed by atoms with Crippen molar-refractivity contribution in [1.29, 1.82) is 0 Å². The molecule has 8 nitrogen and oxygen atoms in total. The summed E-state index contributed by atoms with van der Waals surface area (Å²) in [5.41, 5.74) is 3.10. The highest BCUT2D eigenvalue weighted by Crippen LogP contribution is 2.32. The van der Waals surface area contributed by atoms with Crippen molar-refractivity contribution in [3.63, 3.8) is 0 Å². The average Bonchev–Trinajstić information content (AvgIpc) is 3.60. The van der Waals surface area contributed by atoms with Crippen molar-refractivity contribution in [3.05, 3.63) is 153 Å². The van der Waals surface area contributed by atoms with Crippen molar-refractivity contribution >= 4 is 69.8 Å². The summed E-state index contributed by atoms with van der Waals surface area (Å²) in [6.07, 6.45) is 1.61. The number of ketones is 2. The van der Waals surface area contributed by atoms with Crippen LogP contribution in [0.25, 0.3) is 6.08 Å². The van der Waals surface area contributed by atoms with Crippen LogP contribution in [0.1, 0.15) is 47.8 Å². The van der Waals surface area contributed by atoms with E-state index in [2.05, 4.69) is 16.0 Å². The van der Waals surface area contributed by atoms with E-state index in [-0.39, 0.29) is 45.7 Å². The number of rotatable bonds is 9. The zero-order chi connectivity index (χ0) is 32.0. The molecule has 4 aromatic carbocycles. The molecular formula is C36H25N3O5S2. The Morgan fingerprint density at radius 2 is 1.46 bits per heavy atom. The van der Waals surface area contributed by atoms with Crippen LogP contribution in [-0.2, 0) is 9.59 Å². The number of amides is 3. The normalized spacial score (nSPS) is 12.1. The number of carbonyl (C=O) groups excluding carboxylic acids is 5. The van der Waals surface area contributed by atoms with E-state index in [1.165, 1.54) is 23.1 Å². The van der Waals surface area contributed by atoms with Gasteiger partial charge in [-0.1, -0.05) is 60.7 Å². The summed E-state index contributed by atoms with van der Waals surface area (Å²) in [6.45, 7) is 0. The van der Waals surface area contributed by atoms with Gasteiger partial charge in [-0.05, 0) is 64.9 Å². The number of thioether (sulfide) groups is 1. The number of fused-ring (bicyclic) bond motifs is 2. The van der Waals surface area contributed by atoms with Crippen LogP contribution in [0.5, 0.6) is 0 Å². The zero-order valence-corrected chi connectivity index (χ0v) is 25.7. The smallest absolute Gasteiger partial charge is 0.272 e. The summed E-state index contributed by atoms with van der Waals surface area (Å²) in [7, 11) is 0. The van der Waals surface area contributed by atoms with Gasteiger partial charge in [-0.2, -0.15) is 11.3 Å². The molecule has 0 bridgehead atoms. The van der Waals surface area contributed by atoms with Crippen LogP contribution >= 0.6 is 23.1 Å². The summed E-state index contributed by atoms with van der Waals surface area (Å²) >= 11 is 2.71. The van der Waals surface area contributed by atoms with Gasteiger partial charge in [-0.15, -0.1) is 11.8 Å². The van der Waals surface area contributed by atoms with E-state index in [1.54, 1.807) is 103 Å². The maximum absolute atomic E-state index is 13.3. The number of nitrogens with one attached hydrogen (secondary N) is 3. The lowest BCUT2D eigenvalue weighted by molar-refractivity contribution is -0.114. The molecule has 0 aliphatic heterocycles. The third-order valence-corrected chi connectivity index (χ3v) is 8.77. The number of carbonyl (C=O) groups is 5. The van der Waals surface area contributed by atoms with E-state index >= 15 is 0 Å². The standard InChI is InChI=1S/C36H25N3O5S2/c40-31(38-29-15-7-14-28-32(29)34(42)27-13-5-4-12-26(27)33(28)41)21-46-25-11-6-10-24(19-25)37-36(44)30(18-22-16-17-45-20-22)39-35(43)23-8-2-1-3-9-23/h1-20H,21H2,(H,37,44)(H,38,40)(H,39,43)/b30-18+. The van der Waals surface area contributed by atoms with E-state index < -0.39 is 11.8 Å². The third-order valence-electron chi connectivity index (χ3n) is 7.07. The molecule has 0 unspecified atom stereocenters. The molecule has 0 saturated heterocycles. The molecule has 0 spiro atoms. The second kappa shape index (κ2) is 13.6. The van der Waals surface area contributed by atoms with Crippen molar-refractivity contribution in [2.45, 2.75) is 4.90 Å². The average molecular weight is 644 g/mol. The maximum Gasteiger partial charge on any atom is 0.272 e. The van der Waals surface area contributed by atoms with Crippen molar-refractivity contribution in [1.82, 2.24) is 5.32 Å². The molecule has 1 aromatic heterocycles. The molecule has 0 saturated carbocycles. The first-order chi connectivity index (χ1) is 22.4. The number of benzene rings is 4. The Morgan fingerprint density at radius 1 is 0.739 bits per heavy atom. The highest BCUT2D eigenvalue weighted by Gasteiger charge is 2.31. The van der Waals surface area contributed by atoms with Gasteiger partial charge >= 0.3 is 0 Å². The zero-order valence-electron chi connectivity index (χ0n) is 24.1. The number of hydrogen-bond donors (Lipinski definition) is 3. The predicted molar refractivity (Wildman–Crippen MR) is 180 cm³/mol. The van der Waals surface area contributed by atoms with Gasteiger partial charge in [0.05, 0.1) is 17.0 Å². The van der Waals surface area contributed by atoms with Crippen LogP contribution in [-0.4, -0.2) is 35.0 Å². The molecule has 0 fully saturated rings. The van der Waals surface area contributed by atoms with Crippen molar-refractivity contribution in [2.75, 3.05) is 16.4 Å². The fourth-order valence-corrected chi connectivity index (χ4v) is 6.29. The molecule has 3 amide bonds. The second-order valence-electron chi connectivity index (χ2n) is 10.2. The number of thiophene rings is 1. The Hall–Kier alpha value is -5.58. The van der Waals surface area contributed by atoms with E-state index in [0.29, 0.717) is 27.3 Å². The molecule has 46 heavy (non-hydrogen) atoms. The lowest BCUT2D eigenvalue weighted by atomic mass is 9.83. The molecule has 1 aliphatic carbocycles. The van der Waals surface area contributed by atoms with E-state index in [9.17, 15) is 24.0 Å². The molecule has 6 rings (SSSR count). The summed E-state index contributed by atoms with van der Waals surface area (Å²) in [5.74, 6) is -1.85. The Kier molecular flexibility index (Phi) is 9.00. The highest BCUT2D eigenvalue weighted by molar-refractivity contribution is 8.00. The van der Waals surface area contributed by atoms with E-state index in [4.69, 9.17) is 0 Å². The Morgan fingerprint density at radius 3 is 2.22 bits per heavy atom. The van der Waals surface area contributed by atoms with Crippen molar-refractivity contribution in [2.24, 2.45) is 0 Å². The van der Waals surface area contributed by atoms with E-state index in [0.717, 1.165) is 5.56 Å². The first-order valence-corrected chi connectivity index (χ1v) is 16.1. The first-order valence-electron chi connectivity index (χ1n) is 14.1. The fourth-order valence-electron chi connectivity index (χ4n) is 4.91. The van der Waals surface area contributed by atoms with Crippen molar-refractivity contribution < 1.29 is 24.0 Å². The monoisotopic (exact) mass is 643 g/mol. The molecule has 3 N–H and O–H groups in total. The van der Waals surface area contributed by atoms with Crippen LogP contribution in [0.2, 0.25) is 0 Å². The van der Waals surface area contributed by atoms with Gasteiger partial charge in [0, 0.05) is 32.8 Å². The van der Waals surface area contributed by atoms with Crippen LogP contribution in [0.4, 0.5) is 11.4 Å². The van der Waals surface area contributed by atoms with Gasteiger partial charge in [0.1, 0.15) is 5.70 Å². The van der Waals surface area contributed by atoms with Gasteiger partial charge in [-0.3, -0.25) is 24.0 Å². The Balaban J connectivity index is 1.12. The minimum Gasteiger partial charge on any atom is -0.325 e. The predicted octanol–water partition coefficient (Wildman–Crippen LogP) is 6.66. The third kappa shape index (κ3) is 6.73. The fraction of sp³-hybridized carbons (Fsp3) is 0.0278. The summed E-state index contributed by atoms with van der Waals surface area (Å²) < 4.78 is 0.